The third-order valence-electron chi connectivity index (χ3n) is 5.07. The summed E-state index contributed by atoms with van der Waals surface area (Å²) in [6.45, 7) is 4.03. The lowest BCUT2D eigenvalue weighted by molar-refractivity contribution is 0.0940. The Kier molecular flexibility index (Phi) is 5.06. The van der Waals surface area contributed by atoms with Crippen LogP contribution in [0.4, 0.5) is 5.82 Å². The summed E-state index contributed by atoms with van der Waals surface area (Å²) in [5.74, 6) is 0.792. The van der Waals surface area contributed by atoms with Gasteiger partial charge in [0.05, 0.1) is 17.9 Å². The number of rotatable bonds is 5. The van der Waals surface area contributed by atoms with Crippen molar-refractivity contribution in [1.82, 2.24) is 25.3 Å². The average molecular weight is 376 g/mol. The smallest absolute Gasteiger partial charge is 0.251 e. The van der Waals surface area contributed by atoms with Crippen molar-refractivity contribution < 1.29 is 4.79 Å². The van der Waals surface area contributed by atoms with E-state index in [9.17, 15) is 4.79 Å². The molecule has 1 fully saturated rings. The van der Waals surface area contributed by atoms with Crippen molar-refractivity contribution in [1.29, 1.82) is 0 Å². The Morgan fingerprint density at radius 1 is 1.14 bits per heavy atom. The molecule has 0 unspecified atom stereocenters. The van der Waals surface area contributed by atoms with Gasteiger partial charge in [0.25, 0.3) is 5.91 Å². The third-order valence-corrected chi connectivity index (χ3v) is 5.07. The molecule has 1 amide bonds. The first-order chi connectivity index (χ1) is 13.6. The van der Waals surface area contributed by atoms with Crippen molar-refractivity contribution in [2.24, 2.45) is 7.05 Å². The molecule has 28 heavy (non-hydrogen) atoms. The van der Waals surface area contributed by atoms with Gasteiger partial charge in [0, 0.05) is 43.0 Å². The van der Waals surface area contributed by atoms with Gasteiger partial charge < -0.3 is 10.2 Å². The molecular formula is C21H24N6O. The van der Waals surface area contributed by atoms with Crippen LogP contribution in [0.3, 0.4) is 0 Å². The summed E-state index contributed by atoms with van der Waals surface area (Å²) in [6.07, 6.45) is 6.08. The molecule has 0 bridgehead atoms. The maximum Gasteiger partial charge on any atom is 0.251 e. The van der Waals surface area contributed by atoms with Gasteiger partial charge >= 0.3 is 0 Å². The lowest BCUT2D eigenvalue weighted by atomic mass is 10.1. The SMILES string of the molecule is C[C@H](NC(=O)c1cccc(-c2ccc(N3CCCC3)nn2)c1)c1cnn(C)c1. The second-order valence-electron chi connectivity index (χ2n) is 7.19. The van der Waals surface area contributed by atoms with Crippen LogP contribution in [0.25, 0.3) is 11.3 Å². The van der Waals surface area contributed by atoms with Crippen LogP contribution in [0.1, 0.15) is 41.7 Å². The van der Waals surface area contributed by atoms with E-state index in [-0.39, 0.29) is 11.9 Å². The van der Waals surface area contributed by atoms with Crippen LogP contribution in [0.5, 0.6) is 0 Å². The highest BCUT2D eigenvalue weighted by atomic mass is 16.1. The van der Waals surface area contributed by atoms with Crippen molar-refractivity contribution >= 4 is 11.7 Å². The van der Waals surface area contributed by atoms with Crippen molar-refractivity contribution in [3.05, 3.63) is 59.9 Å². The summed E-state index contributed by atoms with van der Waals surface area (Å²) < 4.78 is 1.73. The highest BCUT2D eigenvalue weighted by molar-refractivity contribution is 5.95. The Morgan fingerprint density at radius 3 is 2.64 bits per heavy atom. The Bertz CT molecular complexity index is 959. The van der Waals surface area contributed by atoms with Gasteiger partial charge in [-0.05, 0) is 44.0 Å². The van der Waals surface area contributed by atoms with Crippen LogP contribution in [0.15, 0.2) is 48.8 Å². The summed E-state index contributed by atoms with van der Waals surface area (Å²) in [6, 6.07) is 11.3. The minimum absolute atomic E-state index is 0.121. The number of carbonyl (C=O) groups excluding carboxylic acids is 1. The summed E-state index contributed by atoms with van der Waals surface area (Å²) in [5.41, 5.74) is 3.20. The first kappa shape index (κ1) is 18.2. The molecule has 7 nitrogen and oxygen atoms in total. The molecule has 2 aromatic heterocycles. The average Bonchev–Trinajstić information content (AvgIpc) is 3.40. The van der Waals surface area contributed by atoms with E-state index in [4.69, 9.17) is 0 Å². The fraction of sp³-hybridized carbons (Fsp3) is 0.333. The highest BCUT2D eigenvalue weighted by Gasteiger charge is 2.15. The molecule has 3 heterocycles. The van der Waals surface area contributed by atoms with E-state index in [1.165, 1.54) is 12.8 Å². The van der Waals surface area contributed by atoms with Crippen LogP contribution < -0.4 is 10.2 Å². The van der Waals surface area contributed by atoms with E-state index in [2.05, 4.69) is 25.5 Å². The molecule has 7 heteroatoms. The Labute approximate surface area is 164 Å². The number of nitrogens with one attached hydrogen (secondary N) is 1. The molecule has 0 saturated carbocycles. The number of nitrogens with zero attached hydrogens (tertiary/aromatic N) is 5. The highest BCUT2D eigenvalue weighted by Crippen LogP contribution is 2.22. The lowest BCUT2D eigenvalue weighted by Gasteiger charge is -2.15. The molecule has 1 saturated heterocycles. The van der Waals surface area contributed by atoms with E-state index in [0.29, 0.717) is 5.56 Å². The Balaban J connectivity index is 1.48. The number of benzene rings is 1. The molecular weight excluding hydrogens is 352 g/mol. The molecule has 1 N–H and O–H groups in total. The first-order valence-corrected chi connectivity index (χ1v) is 9.59. The minimum atomic E-state index is -0.125. The van der Waals surface area contributed by atoms with Gasteiger partial charge in [-0.1, -0.05) is 12.1 Å². The monoisotopic (exact) mass is 376 g/mol. The third kappa shape index (κ3) is 3.88. The number of anilines is 1. The molecule has 1 aromatic carbocycles. The number of aryl methyl sites for hydroxylation is 1. The van der Waals surface area contributed by atoms with Crippen LogP contribution in [-0.4, -0.2) is 39.0 Å². The molecule has 1 aliphatic rings. The van der Waals surface area contributed by atoms with Gasteiger partial charge in [-0.15, -0.1) is 10.2 Å². The van der Waals surface area contributed by atoms with Crippen molar-refractivity contribution in [2.45, 2.75) is 25.8 Å². The van der Waals surface area contributed by atoms with Crippen LogP contribution in [0.2, 0.25) is 0 Å². The van der Waals surface area contributed by atoms with E-state index in [0.717, 1.165) is 35.7 Å². The predicted molar refractivity (Wildman–Crippen MR) is 108 cm³/mol. The quantitative estimate of drug-likeness (QED) is 0.741. The minimum Gasteiger partial charge on any atom is -0.355 e. The second-order valence-corrected chi connectivity index (χ2v) is 7.19. The zero-order valence-corrected chi connectivity index (χ0v) is 16.2. The van der Waals surface area contributed by atoms with Crippen molar-refractivity contribution in [2.75, 3.05) is 18.0 Å². The summed E-state index contributed by atoms with van der Waals surface area (Å²) >= 11 is 0. The normalized spacial score (nSPS) is 14.9. The fourth-order valence-corrected chi connectivity index (χ4v) is 3.44. The van der Waals surface area contributed by atoms with Crippen LogP contribution >= 0.6 is 0 Å². The maximum atomic E-state index is 12.7. The maximum absolute atomic E-state index is 12.7. The van der Waals surface area contributed by atoms with Crippen LogP contribution in [-0.2, 0) is 7.05 Å². The summed E-state index contributed by atoms with van der Waals surface area (Å²) in [4.78, 5) is 14.9. The Hall–Kier alpha value is -3.22. The van der Waals surface area contributed by atoms with E-state index in [1.807, 2.05) is 50.5 Å². The molecule has 144 valence electrons. The van der Waals surface area contributed by atoms with Crippen LogP contribution in [0, 0.1) is 0 Å². The molecule has 1 aliphatic heterocycles. The zero-order chi connectivity index (χ0) is 19.5. The largest absolute Gasteiger partial charge is 0.355 e. The van der Waals surface area contributed by atoms with E-state index < -0.39 is 0 Å². The first-order valence-electron chi connectivity index (χ1n) is 9.59. The molecule has 0 aliphatic carbocycles. The Morgan fingerprint density at radius 2 is 1.96 bits per heavy atom. The number of amides is 1. The number of hydrogen-bond acceptors (Lipinski definition) is 5. The second kappa shape index (κ2) is 7.80. The zero-order valence-electron chi connectivity index (χ0n) is 16.2. The number of hydrogen-bond donors (Lipinski definition) is 1. The lowest BCUT2D eigenvalue weighted by Crippen LogP contribution is -2.26. The van der Waals surface area contributed by atoms with Gasteiger partial charge in [0.1, 0.15) is 0 Å². The van der Waals surface area contributed by atoms with Crippen molar-refractivity contribution in [3.63, 3.8) is 0 Å². The van der Waals surface area contributed by atoms with E-state index in [1.54, 1.807) is 16.9 Å². The van der Waals surface area contributed by atoms with Gasteiger partial charge in [-0.3, -0.25) is 9.48 Å². The standard InChI is InChI=1S/C21H24N6O/c1-15(18-13-22-26(2)14-18)23-21(28)17-7-5-6-16(12-17)19-8-9-20(25-24-19)27-10-3-4-11-27/h5-9,12-15H,3-4,10-11H2,1-2H3,(H,23,28)/t15-/m0/s1. The van der Waals surface area contributed by atoms with Gasteiger partial charge in [-0.2, -0.15) is 5.10 Å². The van der Waals surface area contributed by atoms with Gasteiger partial charge in [0.15, 0.2) is 5.82 Å². The fourth-order valence-electron chi connectivity index (χ4n) is 3.44. The van der Waals surface area contributed by atoms with E-state index >= 15 is 0 Å². The summed E-state index contributed by atoms with van der Waals surface area (Å²) in [7, 11) is 1.86. The molecule has 1 atom stereocenters. The molecule has 3 aromatic rings. The summed E-state index contributed by atoms with van der Waals surface area (Å²) in [5, 5.41) is 15.9. The number of aromatic nitrogens is 4. The van der Waals surface area contributed by atoms with Gasteiger partial charge in [0.2, 0.25) is 0 Å². The molecule has 0 radical (unpaired) electrons. The molecule has 0 spiro atoms. The van der Waals surface area contributed by atoms with Gasteiger partial charge in [-0.25, -0.2) is 0 Å². The number of carbonyl (C=O) groups is 1. The molecule has 4 rings (SSSR count). The topological polar surface area (TPSA) is 75.9 Å². The predicted octanol–water partition coefficient (Wildman–Crippen LogP) is 2.97. The van der Waals surface area contributed by atoms with Crippen molar-refractivity contribution in [3.8, 4) is 11.3 Å².